The van der Waals surface area contributed by atoms with Crippen molar-refractivity contribution in [2.24, 2.45) is 5.92 Å². The summed E-state index contributed by atoms with van der Waals surface area (Å²) in [5.41, 5.74) is 0.275. The molecule has 1 saturated carbocycles. The van der Waals surface area contributed by atoms with Crippen molar-refractivity contribution in [3.63, 3.8) is 0 Å². The van der Waals surface area contributed by atoms with Crippen molar-refractivity contribution in [2.45, 2.75) is 45.1 Å². The van der Waals surface area contributed by atoms with Gasteiger partial charge in [-0.1, -0.05) is 37.5 Å². The van der Waals surface area contributed by atoms with Crippen molar-refractivity contribution in [1.82, 2.24) is 10.2 Å². The van der Waals surface area contributed by atoms with Gasteiger partial charge in [-0.25, -0.2) is 4.79 Å². The van der Waals surface area contributed by atoms with Gasteiger partial charge in [0.15, 0.2) is 0 Å². The highest BCUT2D eigenvalue weighted by atomic mass is 16.6. The van der Waals surface area contributed by atoms with E-state index in [0.717, 1.165) is 29.7 Å². The standard InChI is InChI=1S/C20H26N2O5/c1-14-6-8-16(9-7-14)26-11-12-27-17(23)13-22-18(24)20(21-19(22)25)10-4-3-5-15(20)2/h6-9,15H,3-5,10-13H2,1-2H3,(H,21,25)/t15-,20+/m1/s1. The molecule has 1 spiro atoms. The minimum absolute atomic E-state index is 0.0535. The second-order valence-electron chi connectivity index (χ2n) is 7.32. The number of rotatable bonds is 6. The van der Waals surface area contributed by atoms with Crippen LogP contribution in [-0.4, -0.2) is 48.1 Å². The number of esters is 1. The quantitative estimate of drug-likeness (QED) is 0.470. The summed E-state index contributed by atoms with van der Waals surface area (Å²) in [6, 6.07) is 7.04. The molecule has 7 nitrogen and oxygen atoms in total. The number of amides is 3. The number of hydrogen-bond donors (Lipinski definition) is 1. The van der Waals surface area contributed by atoms with Gasteiger partial charge < -0.3 is 14.8 Å². The molecule has 1 N–H and O–H groups in total. The van der Waals surface area contributed by atoms with E-state index in [1.807, 2.05) is 38.1 Å². The fourth-order valence-corrected chi connectivity index (χ4v) is 3.76. The van der Waals surface area contributed by atoms with Crippen LogP contribution in [0.3, 0.4) is 0 Å². The van der Waals surface area contributed by atoms with Crippen molar-refractivity contribution < 1.29 is 23.9 Å². The average molecular weight is 374 g/mol. The SMILES string of the molecule is Cc1ccc(OCCOC(=O)CN2C(=O)N[C@]3(CCCC[C@H]3C)C2=O)cc1. The van der Waals surface area contributed by atoms with Crippen molar-refractivity contribution >= 4 is 17.9 Å². The van der Waals surface area contributed by atoms with Crippen LogP contribution in [0.15, 0.2) is 24.3 Å². The zero-order chi connectivity index (χ0) is 19.4. The summed E-state index contributed by atoms with van der Waals surface area (Å²) in [6.07, 6.45) is 3.45. The van der Waals surface area contributed by atoms with E-state index in [4.69, 9.17) is 9.47 Å². The minimum atomic E-state index is -0.857. The Bertz CT molecular complexity index is 718. The number of carbonyl (C=O) groups excluding carboxylic acids is 3. The van der Waals surface area contributed by atoms with E-state index in [2.05, 4.69) is 5.32 Å². The monoisotopic (exact) mass is 374 g/mol. The molecule has 1 aliphatic heterocycles. The molecule has 1 saturated heterocycles. The molecule has 146 valence electrons. The number of urea groups is 1. The minimum Gasteiger partial charge on any atom is -0.490 e. The lowest BCUT2D eigenvalue weighted by Gasteiger charge is -2.36. The summed E-state index contributed by atoms with van der Waals surface area (Å²) in [5.74, 6) is -0.176. The van der Waals surface area contributed by atoms with Crippen LogP contribution in [0.25, 0.3) is 0 Å². The lowest BCUT2D eigenvalue weighted by molar-refractivity contribution is -0.149. The summed E-state index contributed by atoms with van der Waals surface area (Å²) in [5, 5.41) is 2.82. The molecule has 27 heavy (non-hydrogen) atoms. The van der Waals surface area contributed by atoms with Crippen molar-refractivity contribution in [2.75, 3.05) is 19.8 Å². The summed E-state index contributed by atoms with van der Waals surface area (Å²) in [7, 11) is 0. The second kappa shape index (κ2) is 7.98. The van der Waals surface area contributed by atoms with E-state index in [-0.39, 0.29) is 31.6 Å². The number of nitrogens with one attached hydrogen (secondary N) is 1. The Morgan fingerprint density at radius 2 is 1.96 bits per heavy atom. The van der Waals surface area contributed by atoms with Gasteiger partial charge in [0.2, 0.25) is 0 Å². The first kappa shape index (κ1) is 19.2. The summed E-state index contributed by atoms with van der Waals surface area (Å²) < 4.78 is 10.6. The van der Waals surface area contributed by atoms with Crippen LogP contribution in [0.4, 0.5) is 4.79 Å². The van der Waals surface area contributed by atoms with Crippen LogP contribution in [-0.2, 0) is 14.3 Å². The average Bonchev–Trinajstić information content (AvgIpc) is 2.88. The van der Waals surface area contributed by atoms with E-state index in [1.54, 1.807) is 0 Å². The van der Waals surface area contributed by atoms with E-state index in [1.165, 1.54) is 0 Å². The molecule has 2 aliphatic rings. The van der Waals surface area contributed by atoms with Crippen LogP contribution >= 0.6 is 0 Å². The van der Waals surface area contributed by atoms with Gasteiger partial charge in [0.05, 0.1) is 0 Å². The maximum absolute atomic E-state index is 12.8. The van der Waals surface area contributed by atoms with Crippen LogP contribution in [0.5, 0.6) is 5.75 Å². The molecule has 3 rings (SSSR count). The van der Waals surface area contributed by atoms with Gasteiger partial charge in [0.1, 0.15) is 31.0 Å². The third-order valence-corrected chi connectivity index (χ3v) is 5.42. The molecule has 0 unspecified atom stereocenters. The predicted octanol–water partition coefficient (Wildman–Crippen LogP) is 2.42. The number of hydrogen-bond acceptors (Lipinski definition) is 5. The highest BCUT2D eigenvalue weighted by molar-refractivity contribution is 6.08. The third kappa shape index (κ3) is 4.07. The Labute approximate surface area is 159 Å². The molecule has 2 atom stereocenters. The van der Waals surface area contributed by atoms with Gasteiger partial charge in [-0.2, -0.15) is 0 Å². The Morgan fingerprint density at radius 3 is 2.67 bits per heavy atom. The van der Waals surface area contributed by atoms with Crippen LogP contribution < -0.4 is 10.1 Å². The fraction of sp³-hybridized carbons (Fsp3) is 0.550. The summed E-state index contributed by atoms with van der Waals surface area (Å²) >= 11 is 0. The molecule has 0 bridgehead atoms. The number of aryl methyl sites for hydroxylation is 1. The smallest absolute Gasteiger partial charge is 0.326 e. The van der Waals surface area contributed by atoms with Crippen molar-refractivity contribution in [1.29, 1.82) is 0 Å². The van der Waals surface area contributed by atoms with Crippen LogP contribution in [0.2, 0.25) is 0 Å². The van der Waals surface area contributed by atoms with Gasteiger partial charge in [0, 0.05) is 0 Å². The zero-order valence-electron chi connectivity index (χ0n) is 15.8. The normalized spacial score (nSPS) is 24.8. The van der Waals surface area contributed by atoms with Crippen LogP contribution in [0, 0.1) is 12.8 Å². The van der Waals surface area contributed by atoms with E-state index >= 15 is 0 Å². The maximum atomic E-state index is 12.8. The number of nitrogens with zero attached hydrogens (tertiary/aromatic N) is 1. The first-order chi connectivity index (χ1) is 12.9. The Hall–Kier alpha value is -2.57. The molecule has 7 heteroatoms. The first-order valence-corrected chi connectivity index (χ1v) is 9.41. The van der Waals surface area contributed by atoms with E-state index in [0.29, 0.717) is 12.2 Å². The first-order valence-electron chi connectivity index (χ1n) is 9.41. The van der Waals surface area contributed by atoms with Gasteiger partial charge >= 0.3 is 12.0 Å². The Balaban J connectivity index is 1.47. The lowest BCUT2D eigenvalue weighted by Crippen LogP contribution is -2.54. The molecule has 1 aromatic rings. The van der Waals surface area contributed by atoms with Gasteiger partial charge in [-0.05, 0) is 37.8 Å². The second-order valence-corrected chi connectivity index (χ2v) is 7.32. The number of carbonyl (C=O) groups is 3. The van der Waals surface area contributed by atoms with Gasteiger partial charge in [-0.3, -0.25) is 14.5 Å². The largest absolute Gasteiger partial charge is 0.490 e. The highest BCUT2D eigenvalue weighted by Gasteiger charge is 2.55. The molecule has 2 fully saturated rings. The topological polar surface area (TPSA) is 84.9 Å². The molecular formula is C20H26N2O5. The fourth-order valence-electron chi connectivity index (χ4n) is 3.76. The number of ether oxygens (including phenoxy) is 2. The Kier molecular flexibility index (Phi) is 5.68. The molecule has 0 aromatic heterocycles. The molecule has 1 heterocycles. The number of benzene rings is 1. The third-order valence-electron chi connectivity index (χ3n) is 5.42. The molecule has 3 amide bonds. The zero-order valence-corrected chi connectivity index (χ0v) is 15.8. The molecule has 1 aromatic carbocycles. The summed E-state index contributed by atoms with van der Waals surface area (Å²) in [6.45, 7) is 3.85. The maximum Gasteiger partial charge on any atom is 0.326 e. The molecule has 1 aliphatic carbocycles. The summed E-state index contributed by atoms with van der Waals surface area (Å²) in [4.78, 5) is 38.1. The molecule has 0 radical (unpaired) electrons. The van der Waals surface area contributed by atoms with Crippen LogP contribution in [0.1, 0.15) is 38.2 Å². The molecular weight excluding hydrogens is 348 g/mol. The van der Waals surface area contributed by atoms with Crippen molar-refractivity contribution in [3.8, 4) is 5.75 Å². The van der Waals surface area contributed by atoms with E-state index < -0.39 is 17.5 Å². The predicted molar refractivity (Wildman–Crippen MR) is 98.2 cm³/mol. The number of imide groups is 1. The van der Waals surface area contributed by atoms with E-state index in [9.17, 15) is 14.4 Å². The van der Waals surface area contributed by atoms with Gasteiger partial charge in [0.25, 0.3) is 5.91 Å². The lowest BCUT2D eigenvalue weighted by atomic mass is 9.73. The van der Waals surface area contributed by atoms with Crippen molar-refractivity contribution in [3.05, 3.63) is 29.8 Å². The Morgan fingerprint density at radius 1 is 1.22 bits per heavy atom. The van der Waals surface area contributed by atoms with Gasteiger partial charge in [-0.15, -0.1) is 0 Å². The highest BCUT2D eigenvalue weighted by Crippen LogP contribution is 2.38.